The van der Waals surface area contributed by atoms with Gasteiger partial charge < -0.3 is 15.3 Å². The number of unbranched alkanes of at least 4 members (excludes halogenated alkanes) is 9. The third-order valence-electron chi connectivity index (χ3n) is 6.21. The normalized spacial score (nSPS) is 15.0. The van der Waals surface area contributed by atoms with Crippen LogP contribution in [0.3, 0.4) is 0 Å². The fourth-order valence-corrected chi connectivity index (χ4v) is 4.06. The molecule has 5 nitrogen and oxygen atoms in total. The molecule has 192 valence electrons. The van der Waals surface area contributed by atoms with Crippen LogP contribution in [0.4, 0.5) is 0 Å². The smallest absolute Gasteiger partial charge is 0.306 e. The average Bonchev–Trinajstić information content (AvgIpc) is 2.69. The third kappa shape index (κ3) is 15.0. The van der Waals surface area contributed by atoms with Gasteiger partial charge in [0.05, 0.1) is 5.92 Å². The van der Waals surface area contributed by atoms with Gasteiger partial charge in [0.2, 0.25) is 0 Å². The average molecular weight is 458 g/mol. The molecule has 0 aliphatic rings. The minimum absolute atomic E-state index is 0.0208. The predicted octanol–water partition coefficient (Wildman–Crippen LogP) is 6.63. The van der Waals surface area contributed by atoms with Crippen molar-refractivity contribution in [3.63, 3.8) is 0 Å². The Labute approximate surface area is 199 Å². The zero-order valence-corrected chi connectivity index (χ0v) is 22.5. The topological polar surface area (TPSA) is 81.0 Å². The highest BCUT2D eigenvalue weighted by Crippen LogP contribution is 2.31. The third-order valence-corrected chi connectivity index (χ3v) is 6.21. The maximum absolute atomic E-state index is 10.6. The second-order valence-corrected chi connectivity index (χ2v) is 10.2. The summed E-state index contributed by atoms with van der Waals surface area (Å²) in [7, 11) is 3.52. The Morgan fingerprint density at radius 3 is 1.59 bits per heavy atom. The van der Waals surface area contributed by atoms with Crippen molar-refractivity contribution < 1.29 is 20.1 Å². The molecule has 0 aliphatic carbocycles. The van der Waals surface area contributed by atoms with Crippen molar-refractivity contribution in [2.75, 3.05) is 14.1 Å². The van der Waals surface area contributed by atoms with E-state index >= 15 is 0 Å². The van der Waals surface area contributed by atoms with Crippen molar-refractivity contribution in [1.82, 2.24) is 4.90 Å². The molecule has 0 aromatic heterocycles. The lowest BCUT2D eigenvalue weighted by molar-refractivity contribution is -0.229. The van der Waals surface area contributed by atoms with E-state index < -0.39 is 17.3 Å². The van der Waals surface area contributed by atoms with Crippen molar-refractivity contribution in [2.45, 2.75) is 130 Å². The van der Waals surface area contributed by atoms with Crippen LogP contribution < -0.4 is 0 Å². The van der Waals surface area contributed by atoms with E-state index in [1.165, 1.54) is 64.2 Å². The molecule has 0 rings (SSSR count). The van der Waals surface area contributed by atoms with Crippen LogP contribution >= 0.6 is 0 Å². The summed E-state index contributed by atoms with van der Waals surface area (Å²) in [5.74, 6) is -0.859. The number of carboxylic acids is 1. The van der Waals surface area contributed by atoms with Crippen molar-refractivity contribution in [2.24, 2.45) is 11.8 Å². The van der Waals surface area contributed by atoms with E-state index in [-0.39, 0.29) is 11.8 Å². The monoisotopic (exact) mass is 457 g/mol. The van der Waals surface area contributed by atoms with Crippen LogP contribution in [-0.4, -0.2) is 51.6 Å². The van der Waals surface area contributed by atoms with Gasteiger partial charge in [-0.3, -0.25) is 9.69 Å². The Morgan fingerprint density at radius 1 is 0.844 bits per heavy atom. The molecule has 2 unspecified atom stereocenters. The van der Waals surface area contributed by atoms with E-state index in [9.17, 15) is 15.0 Å². The van der Waals surface area contributed by atoms with Crippen molar-refractivity contribution >= 4 is 5.97 Å². The lowest BCUT2D eigenvalue weighted by Gasteiger charge is -2.46. The molecule has 32 heavy (non-hydrogen) atoms. The number of aliphatic hydroxyl groups is 2. The summed E-state index contributed by atoms with van der Waals surface area (Å²) in [4.78, 5) is 12.3. The number of hydrogen-bond donors (Lipinski definition) is 3. The zero-order chi connectivity index (χ0) is 25.2. The molecule has 0 amide bonds. The number of carbonyl (C=O) groups is 1. The molecule has 0 saturated carbocycles. The molecule has 0 saturated heterocycles. The van der Waals surface area contributed by atoms with E-state index in [0.717, 1.165) is 12.8 Å². The fourth-order valence-electron chi connectivity index (χ4n) is 4.06. The van der Waals surface area contributed by atoms with Crippen LogP contribution in [0, 0.1) is 11.8 Å². The van der Waals surface area contributed by atoms with Gasteiger partial charge >= 0.3 is 5.97 Å². The second-order valence-electron chi connectivity index (χ2n) is 10.2. The molecule has 3 N–H and O–H groups in total. The van der Waals surface area contributed by atoms with E-state index in [1.54, 1.807) is 39.8 Å². The summed E-state index contributed by atoms with van der Waals surface area (Å²) in [6.45, 7) is 11.1. The molecule has 0 aromatic carbocycles. The number of likely N-dealkylation sites (N-methyl/N-ethyl adjacent to an activating group) is 1. The minimum atomic E-state index is -1.17. The molecule has 2 atom stereocenters. The molecule has 0 aliphatic heterocycles. The van der Waals surface area contributed by atoms with Crippen LogP contribution in [0.25, 0.3) is 0 Å². The summed E-state index contributed by atoms with van der Waals surface area (Å²) in [6.07, 6.45) is 19.4. The number of nitrogens with zero attached hydrogens (tertiary/aromatic N) is 1. The van der Waals surface area contributed by atoms with Crippen LogP contribution in [0.2, 0.25) is 0 Å². The molecule has 5 heteroatoms. The molecular weight excluding hydrogens is 402 g/mol. The first kappa shape index (κ1) is 33.3. The molecule has 0 heterocycles. The number of carboxylic acid groups (broad SMARTS) is 1. The van der Waals surface area contributed by atoms with E-state index in [1.807, 2.05) is 13.8 Å². The van der Waals surface area contributed by atoms with Crippen LogP contribution in [-0.2, 0) is 4.79 Å². The Morgan fingerprint density at radius 2 is 1.28 bits per heavy atom. The number of allylic oxidation sites excluding steroid dienone is 2. The Kier molecular flexibility index (Phi) is 19.2. The van der Waals surface area contributed by atoms with Gasteiger partial charge in [0.25, 0.3) is 0 Å². The Bertz CT molecular complexity index is 473. The van der Waals surface area contributed by atoms with Gasteiger partial charge in [-0.15, -0.1) is 0 Å². The first-order valence-electron chi connectivity index (χ1n) is 12.8. The quantitative estimate of drug-likeness (QED) is 0.130. The summed E-state index contributed by atoms with van der Waals surface area (Å²) >= 11 is 0. The number of hydrogen-bond acceptors (Lipinski definition) is 4. The highest BCUT2D eigenvalue weighted by molar-refractivity contribution is 5.69. The van der Waals surface area contributed by atoms with E-state index in [2.05, 4.69) is 19.1 Å². The second kappa shape index (κ2) is 18.5. The summed E-state index contributed by atoms with van der Waals surface area (Å²) in [5, 5.41) is 28.7. The maximum Gasteiger partial charge on any atom is 0.306 e. The maximum atomic E-state index is 10.6. The first-order chi connectivity index (χ1) is 14.8. The highest BCUT2D eigenvalue weighted by Gasteiger charge is 2.46. The van der Waals surface area contributed by atoms with E-state index in [0.29, 0.717) is 0 Å². The van der Waals surface area contributed by atoms with E-state index in [4.69, 9.17) is 5.11 Å². The predicted molar refractivity (Wildman–Crippen MR) is 137 cm³/mol. The van der Waals surface area contributed by atoms with Crippen LogP contribution in [0.15, 0.2) is 12.2 Å². The van der Waals surface area contributed by atoms with Crippen molar-refractivity contribution in [1.29, 1.82) is 0 Å². The zero-order valence-electron chi connectivity index (χ0n) is 22.5. The standard InChI is InChI=1S/C18H34O2.C9H21NO2/c1-3-4-5-6-7-8-9-10-11-12-13-14-15-16-17(2)18(19)20;1-7(2)9(12,10(5)6)8(3,4)11/h9-10,17H,3-8,11-16H2,1-2H3,(H,19,20);7,11-12H,1-6H3. The van der Waals surface area contributed by atoms with Gasteiger partial charge in [-0.1, -0.05) is 84.8 Å². The molecule has 0 fully saturated rings. The van der Waals surface area contributed by atoms with Crippen LogP contribution in [0.1, 0.15) is 119 Å². The lowest BCUT2D eigenvalue weighted by Crippen LogP contribution is -2.62. The lowest BCUT2D eigenvalue weighted by atomic mass is 9.84. The van der Waals surface area contributed by atoms with Gasteiger partial charge in [-0.05, 0) is 66.0 Å². The molecule has 0 aromatic rings. The Hall–Kier alpha value is -0.910. The van der Waals surface area contributed by atoms with Gasteiger partial charge in [-0.2, -0.15) is 0 Å². The summed E-state index contributed by atoms with van der Waals surface area (Å²) in [6, 6.07) is 0. The molecule has 0 radical (unpaired) electrons. The first-order valence-corrected chi connectivity index (χ1v) is 12.8. The van der Waals surface area contributed by atoms with Gasteiger partial charge in [0.1, 0.15) is 11.3 Å². The van der Waals surface area contributed by atoms with Crippen LogP contribution in [0.5, 0.6) is 0 Å². The molecule has 0 spiro atoms. The van der Waals surface area contributed by atoms with Gasteiger partial charge in [0, 0.05) is 0 Å². The molecular formula is C27H55NO4. The largest absolute Gasteiger partial charge is 0.481 e. The summed E-state index contributed by atoms with van der Waals surface area (Å²) < 4.78 is 0. The van der Waals surface area contributed by atoms with Crippen molar-refractivity contribution in [3.05, 3.63) is 12.2 Å². The fraction of sp³-hybridized carbons (Fsp3) is 0.889. The SMILES string of the molecule is CC(C)C(O)(N(C)C)C(C)(C)O.CCCCCCCC=CCCCCCCC(C)C(=O)O. The Balaban J connectivity index is 0. The van der Waals surface area contributed by atoms with Gasteiger partial charge in [0.15, 0.2) is 0 Å². The van der Waals surface area contributed by atoms with Gasteiger partial charge in [-0.25, -0.2) is 0 Å². The number of rotatable bonds is 17. The molecule has 0 bridgehead atoms. The highest BCUT2D eigenvalue weighted by atomic mass is 16.4. The number of aliphatic carboxylic acids is 1. The minimum Gasteiger partial charge on any atom is -0.481 e. The summed E-state index contributed by atoms with van der Waals surface area (Å²) in [5.41, 5.74) is -2.29. The van der Waals surface area contributed by atoms with Crippen molar-refractivity contribution in [3.8, 4) is 0 Å².